The minimum atomic E-state index is 0.585. The molecule has 2 aromatic heterocycles. The summed E-state index contributed by atoms with van der Waals surface area (Å²) in [5.74, 6) is 0. The average molecular weight is 244 g/mol. The highest BCUT2D eigenvalue weighted by Gasteiger charge is 2.09. The fourth-order valence-electron chi connectivity index (χ4n) is 1.83. The molecular formula is C14H10ClNO. The van der Waals surface area contributed by atoms with Crippen LogP contribution in [0.15, 0.2) is 47.2 Å². The maximum Gasteiger partial charge on any atom is 0.154 e. The minimum absolute atomic E-state index is 0.585. The Labute approximate surface area is 104 Å². The number of hydrogen-bond acceptors (Lipinski definition) is 2. The maximum absolute atomic E-state index is 5.87. The standard InChI is InChI=1S/C14H10ClNO/c1-9-2-4-10(5-3-9)12-8-17-13-6-11(15)7-16-14(12)13/h2-8H,1H3. The summed E-state index contributed by atoms with van der Waals surface area (Å²) in [4.78, 5) is 4.31. The quantitative estimate of drug-likeness (QED) is 0.631. The summed E-state index contributed by atoms with van der Waals surface area (Å²) in [6.07, 6.45) is 3.36. The molecule has 17 heavy (non-hydrogen) atoms. The third kappa shape index (κ3) is 1.81. The number of halogens is 1. The van der Waals surface area contributed by atoms with Gasteiger partial charge in [0.15, 0.2) is 5.58 Å². The van der Waals surface area contributed by atoms with Crippen LogP contribution in [0.5, 0.6) is 0 Å². The van der Waals surface area contributed by atoms with E-state index >= 15 is 0 Å². The first-order valence-electron chi connectivity index (χ1n) is 5.34. The van der Waals surface area contributed by atoms with E-state index in [-0.39, 0.29) is 0 Å². The lowest BCUT2D eigenvalue weighted by Gasteiger charge is -1.98. The number of benzene rings is 1. The smallest absolute Gasteiger partial charge is 0.154 e. The second-order valence-corrected chi connectivity index (χ2v) is 4.45. The third-order valence-electron chi connectivity index (χ3n) is 2.74. The first-order chi connectivity index (χ1) is 8.24. The van der Waals surface area contributed by atoms with Gasteiger partial charge in [-0.1, -0.05) is 41.4 Å². The van der Waals surface area contributed by atoms with Crippen molar-refractivity contribution in [1.29, 1.82) is 0 Å². The van der Waals surface area contributed by atoms with Crippen molar-refractivity contribution in [3.8, 4) is 11.1 Å². The Hall–Kier alpha value is -1.80. The highest BCUT2D eigenvalue weighted by Crippen LogP contribution is 2.30. The van der Waals surface area contributed by atoms with Crippen LogP contribution in [0.3, 0.4) is 0 Å². The lowest BCUT2D eigenvalue weighted by atomic mass is 10.1. The summed E-state index contributed by atoms with van der Waals surface area (Å²) < 4.78 is 5.47. The van der Waals surface area contributed by atoms with E-state index in [0.29, 0.717) is 10.6 Å². The molecule has 2 heterocycles. The summed E-state index contributed by atoms with van der Waals surface area (Å²) in [6.45, 7) is 2.06. The second kappa shape index (κ2) is 3.90. The summed E-state index contributed by atoms with van der Waals surface area (Å²) in [5.41, 5.74) is 4.89. The van der Waals surface area contributed by atoms with Crippen molar-refractivity contribution < 1.29 is 4.42 Å². The molecule has 0 amide bonds. The van der Waals surface area contributed by atoms with Crippen molar-refractivity contribution >= 4 is 22.7 Å². The highest BCUT2D eigenvalue weighted by atomic mass is 35.5. The van der Waals surface area contributed by atoms with Gasteiger partial charge in [0.1, 0.15) is 11.8 Å². The largest absolute Gasteiger partial charge is 0.462 e. The predicted molar refractivity (Wildman–Crippen MR) is 69.2 cm³/mol. The Kier molecular flexibility index (Phi) is 2.37. The molecule has 3 rings (SSSR count). The van der Waals surface area contributed by atoms with Gasteiger partial charge in [0.25, 0.3) is 0 Å². The Morgan fingerprint density at radius 2 is 1.94 bits per heavy atom. The van der Waals surface area contributed by atoms with Crippen LogP contribution in [0.4, 0.5) is 0 Å². The van der Waals surface area contributed by atoms with E-state index < -0.39 is 0 Å². The maximum atomic E-state index is 5.87. The molecule has 0 saturated carbocycles. The van der Waals surface area contributed by atoms with Crippen LogP contribution in [0.1, 0.15) is 5.56 Å². The molecule has 0 fully saturated rings. The number of pyridine rings is 1. The zero-order chi connectivity index (χ0) is 11.8. The van der Waals surface area contributed by atoms with Crippen molar-refractivity contribution in [2.45, 2.75) is 6.92 Å². The van der Waals surface area contributed by atoms with E-state index in [2.05, 4.69) is 36.2 Å². The molecule has 0 atom stereocenters. The van der Waals surface area contributed by atoms with Crippen LogP contribution >= 0.6 is 11.6 Å². The van der Waals surface area contributed by atoms with Gasteiger partial charge in [0.05, 0.1) is 5.02 Å². The lowest BCUT2D eigenvalue weighted by Crippen LogP contribution is -1.79. The van der Waals surface area contributed by atoms with Crippen LogP contribution in [0.2, 0.25) is 5.02 Å². The summed E-state index contributed by atoms with van der Waals surface area (Å²) in [6, 6.07) is 10.1. The molecule has 0 aliphatic rings. The molecule has 0 saturated heterocycles. The molecule has 2 nitrogen and oxygen atoms in total. The fourth-order valence-corrected chi connectivity index (χ4v) is 1.98. The fraction of sp³-hybridized carbons (Fsp3) is 0.0714. The van der Waals surface area contributed by atoms with Gasteiger partial charge in [-0.25, -0.2) is 0 Å². The van der Waals surface area contributed by atoms with Gasteiger partial charge in [0.2, 0.25) is 0 Å². The van der Waals surface area contributed by atoms with Crippen molar-refractivity contribution in [2.75, 3.05) is 0 Å². The van der Waals surface area contributed by atoms with Gasteiger partial charge < -0.3 is 4.42 Å². The van der Waals surface area contributed by atoms with Gasteiger partial charge in [0, 0.05) is 17.8 Å². The van der Waals surface area contributed by atoms with Crippen LogP contribution < -0.4 is 0 Å². The van der Waals surface area contributed by atoms with Gasteiger partial charge in [-0.15, -0.1) is 0 Å². The van der Waals surface area contributed by atoms with E-state index in [1.165, 1.54) is 5.56 Å². The van der Waals surface area contributed by atoms with Crippen molar-refractivity contribution in [3.05, 3.63) is 53.4 Å². The average Bonchev–Trinajstić information content (AvgIpc) is 2.73. The Balaban J connectivity index is 2.21. The van der Waals surface area contributed by atoms with Crippen LogP contribution in [-0.2, 0) is 0 Å². The predicted octanol–water partition coefficient (Wildman–Crippen LogP) is 4.46. The second-order valence-electron chi connectivity index (χ2n) is 4.02. The van der Waals surface area contributed by atoms with Crippen molar-refractivity contribution in [2.24, 2.45) is 0 Å². The van der Waals surface area contributed by atoms with E-state index in [1.807, 2.05) is 0 Å². The number of fused-ring (bicyclic) bond motifs is 1. The minimum Gasteiger partial charge on any atom is -0.462 e. The first kappa shape index (κ1) is 10.4. The number of rotatable bonds is 1. The molecular weight excluding hydrogens is 234 g/mol. The van der Waals surface area contributed by atoms with Crippen LogP contribution in [0.25, 0.3) is 22.2 Å². The third-order valence-corrected chi connectivity index (χ3v) is 2.95. The molecule has 84 valence electrons. The van der Waals surface area contributed by atoms with Gasteiger partial charge in [-0.05, 0) is 12.5 Å². The normalized spacial score (nSPS) is 10.9. The van der Waals surface area contributed by atoms with E-state index in [9.17, 15) is 0 Å². The summed E-state index contributed by atoms with van der Waals surface area (Å²) >= 11 is 5.87. The molecule has 0 N–H and O–H groups in total. The SMILES string of the molecule is Cc1ccc(-c2coc3cc(Cl)cnc23)cc1. The number of furan rings is 1. The molecule has 0 bridgehead atoms. The van der Waals surface area contributed by atoms with Gasteiger partial charge >= 0.3 is 0 Å². The zero-order valence-corrected chi connectivity index (χ0v) is 10.0. The number of nitrogens with zero attached hydrogens (tertiary/aromatic N) is 1. The molecule has 1 aromatic carbocycles. The molecule has 3 heteroatoms. The number of hydrogen-bond donors (Lipinski definition) is 0. The Bertz CT molecular complexity index is 670. The van der Waals surface area contributed by atoms with Crippen LogP contribution in [0, 0.1) is 6.92 Å². The summed E-state index contributed by atoms with van der Waals surface area (Å²) in [5, 5.41) is 0.585. The number of aryl methyl sites for hydroxylation is 1. The molecule has 0 spiro atoms. The van der Waals surface area contributed by atoms with Gasteiger partial charge in [-0.3, -0.25) is 4.98 Å². The van der Waals surface area contributed by atoms with Crippen LogP contribution in [-0.4, -0.2) is 4.98 Å². The molecule has 3 aromatic rings. The molecule has 0 aliphatic heterocycles. The monoisotopic (exact) mass is 243 g/mol. The van der Waals surface area contributed by atoms with E-state index in [1.54, 1.807) is 18.5 Å². The van der Waals surface area contributed by atoms with Gasteiger partial charge in [-0.2, -0.15) is 0 Å². The number of aromatic nitrogens is 1. The van der Waals surface area contributed by atoms with E-state index in [4.69, 9.17) is 16.0 Å². The van der Waals surface area contributed by atoms with Crippen molar-refractivity contribution in [1.82, 2.24) is 4.98 Å². The van der Waals surface area contributed by atoms with E-state index in [0.717, 1.165) is 16.6 Å². The first-order valence-corrected chi connectivity index (χ1v) is 5.71. The summed E-state index contributed by atoms with van der Waals surface area (Å²) in [7, 11) is 0. The molecule has 0 aliphatic carbocycles. The molecule has 0 radical (unpaired) electrons. The Morgan fingerprint density at radius 1 is 1.18 bits per heavy atom. The Morgan fingerprint density at radius 3 is 2.71 bits per heavy atom. The topological polar surface area (TPSA) is 26.0 Å². The van der Waals surface area contributed by atoms with Crippen molar-refractivity contribution in [3.63, 3.8) is 0 Å². The molecule has 0 unspecified atom stereocenters. The highest BCUT2D eigenvalue weighted by molar-refractivity contribution is 6.31. The zero-order valence-electron chi connectivity index (χ0n) is 9.27. The lowest BCUT2D eigenvalue weighted by molar-refractivity contribution is 0.616.